The van der Waals surface area contributed by atoms with Crippen LogP contribution in [0.4, 0.5) is 0 Å². The monoisotopic (exact) mass is 300 g/mol. The molecule has 1 aliphatic heterocycles. The largest absolute Gasteiger partial charge is 0.347 e. The molecule has 0 spiro atoms. The van der Waals surface area contributed by atoms with E-state index in [4.69, 9.17) is 4.74 Å². The zero-order valence-electron chi connectivity index (χ0n) is 12.6. The lowest BCUT2D eigenvalue weighted by Crippen LogP contribution is -2.20. The van der Waals surface area contributed by atoms with Crippen LogP contribution in [0.5, 0.6) is 0 Å². The Morgan fingerprint density at radius 1 is 0.696 bits per heavy atom. The zero-order chi connectivity index (χ0) is 15.7. The normalized spacial score (nSPS) is 18.3. The highest BCUT2D eigenvalue weighted by atomic mass is 16.6. The summed E-state index contributed by atoms with van der Waals surface area (Å²) in [5.41, 5.74) is 2.04. The van der Waals surface area contributed by atoms with Crippen molar-refractivity contribution in [3.8, 4) is 0 Å². The summed E-state index contributed by atoms with van der Waals surface area (Å²) in [7, 11) is 0. The van der Waals surface area contributed by atoms with Crippen LogP contribution < -0.4 is 0 Å². The second-order valence-electron chi connectivity index (χ2n) is 5.70. The minimum Gasteiger partial charge on any atom is -0.347 e. The fourth-order valence-electron chi connectivity index (χ4n) is 3.12. The van der Waals surface area contributed by atoms with Gasteiger partial charge in [0.1, 0.15) is 0 Å². The minimum absolute atomic E-state index is 0.0262. The van der Waals surface area contributed by atoms with E-state index < -0.39 is 11.7 Å². The van der Waals surface area contributed by atoms with Crippen LogP contribution in [-0.2, 0) is 10.3 Å². The van der Waals surface area contributed by atoms with Gasteiger partial charge in [-0.15, -0.1) is 0 Å². The second-order valence-corrected chi connectivity index (χ2v) is 5.70. The third kappa shape index (κ3) is 2.28. The molecule has 0 aromatic heterocycles. The lowest BCUT2D eigenvalue weighted by Gasteiger charge is -2.14. The summed E-state index contributed by atoms with van der Waals surface area (Å²) in [5.74, 6) is 0.0262. The number of hydrogen-bond acceptors (Lipinski definition) is 2. The van der Waals surface area contributed by atoms with Gasteiger partial charge in [-0.1, -0.05) is 91.0 Å². The Balaban J connectivity index is 1.77. The number of Topliss-reactive ketones (excluding diaryl/α,β-unsaturated/α-hetero) is 1. The topological polar surface area (TPSA) is 29.6 Å². The van der Waals surface area contributed by atoms with E-state index in [0.29, 0.717) is 5.56 Å². The summed E-state index contributed by atoms with van der Waals surface area (Å²) in [5, 5.41) is 0. The second kappa shape index (κ2) is 5.49. The first-order valence-corrected chi connectivity index (χ1v) is 7.70. The standard InChI is InChI=1S/C21H16O2/c22-19(16-10-4-1-5-11-16)20-21(23-20,17-12-6-2-7-13-17)18-14-8-3-9-15-18/h1-15,20H. The molecule has 1 saturated heterocycles. The molecule has 0 saturated carbocycles. The lowest BCUT2D eigenvalue weighted by atomic mass is 9.85. The molecule has 4 rings (SSSR count). The summed E-state index contributed by atoms with van der Waals surface area (Å²) in [6, 6.07) is 29.3. The van der Waals surface area contributed by atoms with Gasteiger partial charge in [-0.2, -0.15) is 0 Å². The van der Waals surface area contributed by atoms with Crippen LogP contribution in [0.2, 0.25) is 0 Å². The highest BCUT2D eigenvalue weighted by molar-refractivity contribution is 6.02. The molecule has 0 radical (unpaired) electrons. The molecule has 0 amide bonds. The smallest absolute Gasteiger partial charge is 0.195 e. The van der Waals surface area contributed by atoms with Crippen molar-refractivity contribution in [2.24, 2.45) is 0 Å². The molecule has 112 valence electrons. The highest BCUT2D eigenvalue weighted by Gasteiger charge is 2.62. The molecular weight excluding hydrogens is 284 g/mol. The first kappa shape index (κ1) is 13.9. The molecule has 2 nitrogen and oxygen atoms in total. The van der Waals surface area contributed by atoms with E-state index in [1.807, 2.05) is 91.0 Å². The van der Waals surface area contributed by atoms with Gasteiger partial charge in [0.2, 0.25) is 0 Å². The maximum absolute atomic E-state index is 12.8. The van der Waals surface area contributed by atoms with Gasteiger partial charge in [-0.25, -0.2) is 0 Å². The van der Waals surface area contributed by atoms with E-state index >= 15 is 0 Å². The van der Waals surface area contributed by atoms with Crippen molar-refractivity contribution in [3.63, 3.8) is 0 Å². The van der Waals surface area contributed by atoms with Crippen LogP contribution >= 0.6 is 0 Å². The number of benzene rings is 3. The predicted octanol–water partition coefficient (Wildman–Crippen LogP) is 4.21. The van der Waals surface area contributed by atoms with Crippen molar-refractivity contribution in [3.05, 3.63) is 108 Å². The van der Waals surface area contributed by atoms with Gasteiger partial charge in [0.05, 0.1) is 0 Å². The van der Waals surface area contributed by atoms with Crippen molar-refractivity contribution < 1.29 is 9.53 Å². The Labute approximate surface area is 135 Å². The molecule has 1 unspecified atom stereocenters. The Morgan fingerprint density at radius 2 is 1.13 bits per heavy atom. The molecule has 0 bridgehead atoms. The molecule has 0 aliphatic carbocycles. The summed E-state index contributed by atoms with van der Waals surface area (Å²) in [4.78, 5) is 12.8. The van der Waals surface area contributed by atoms with Crippen molar-refractivity contribution >= 4 is 5.78 Å². The van der Waals surface area contributed by atoms with Gasteiger partial charge in [0.15, 0.2) is 17.5 Å². The Morgan fingerprint density at radius 3 is 1.61 bits per heavy atom. The molecule has 3 aromatic rings. The van der Waals surface area contributed by atoms with E-state index in [1.54, 1.807) is 0 Å². The zero-order valence-corrected chi connectivity index (χ0v) is 12.6. The van der Waals surface area contributed by atoms with E-state index in [1.165, 1.54) is 0 Å². The third-order valence-corrected chi connectivity index (χ3v) is 4.32. The maximum Gasteiger partial charge on any atom is 0.195 e. The fourth-order valence-corrected chi connectivity index (χ4v) is 3.12. The van der Waals surface area contributed by atoms with Crippen LogP contribution in [0.3, 0.4) is 0 Å². The van der Waals surface area contributed by atoms with Gasteiger partial charge in [0, 0.05) is 5.56 Å². The molecule has 2 heteroatoms. The van der Waals surface area contributed by atoms with Gasteiger partial charge in [0.25, 0.3) is 0 Å². The number of epoxide rings is 1. The van der Waals surface area contributed by atoms with Crippen molar-refractivity contribution in [2.45, 2.75) is 11.7 Å². The summed E-state index contributed by atoms with van der Waals surface area (Å²) >= 11 is 0. The van der Waals surface area contributed by atoms with Crippen molar-refractivity contribution in [2.75, 3.05) is 0 Å². The molecule has 3 aromatic carbocycles. The number of ketones is 1. The van der Waals surface area contributed by atoms with Crippen LogP contribution in [0.15, 0.2) is 91.0 Å². The molecule has 1 heterocycles. The molecule has 0 N–H and O–H groups in total. The summed E-state index contributed by atoms with van der Waals surface area (Å²) in [6.45, 7) is 0. The van der Waals surface area contributed by atoms with Gasteiger partial charge < -0.3 is 4.74 Å². The van der Waals surface area contributed by atoms with Crippen LogP contribution in [0, 0.1) is 0 Å². The first-order valence-electron chi connectivity index (χ1n) is 7.70. The molecule has 1 atom stereocenters. The van der Waals surface area contributed by atoms with E-state index in [2.05, 4.69) is 0 Å². The number of ether oxygens (including phenoxy) is 1. The number of rotatable bonds is 4. The molecule has 1 aliphatic rings. The average molecular weight is 300 g/mol. The van der Waals surface area contributed by atoms with Crippen LogP contribution in [0.25, 0.3) is 0 Å². The van der Waals surface area contributed by atoms with Crippen LogP contribution in [0.1, 0.15) is 21.5 Å². The predicted molar refractivity (Wildman–Crippen MR) is 89.3 cm³/mol. The Kier molecular flexibility index (Phi) is 3.32. The van der Waals surface area contributed by atoms with E-state index in [-0.39, 0.29) is 5.78 Å². The van der Waals surface area contributed by atoms with E-state index in [9.17, 15) is 4.79 Å². The van der Waals surface area contributed by atoms with Crippen LogP contribution in [-0.4, -0.2) is 11.9 Å². The number of hydrogen-bond donors (Lipinski definition) is 0. The highest BCUT2D eigenvalue weighted by Crippen LogP contribution is 2.52. The SMILES string of the molecule is O=C(c1ccccc1)C1OC1(c1ccccc1)c1ccccc1. The number of carbonyl (C=O) groups excluding carboxylic acids is 1. The maximum atomic E-state index is 12.8. The van der Waals surface area contributed by atoms with Crippen molar-refractivity contribution in [1.82, 2.24) is 0 Å². The van der Waals surface area contributed by atoms with Gasteiger partial charge in [-0.3, -0.25) is 4.79 Å². The number of carbonyl (C=O) groups is 1. The molecule has 23 heavy (non-hydrogen) atoms. The quantitative estimate of drug-likeness (QED) is 0.533. The minimum atomic E-state index is -0.671. The lowest BCUT2D eigenvalue weighted by molar-refractivity contribution is 0.0953. The summed E-state index contributed by atoms with van der Waals surface area (Å²) < 4.78 is 6.04. The van der Waals surface area contributed by atoms with Gasteiger partial charge >= 0.3 is 0 Å². The average Bonchev–Trinajstić information content (AvgIpc) is 3.40. The first-order chi connectivity index (χ1) is 11.3. The summed E-state index contributed by atoms with van der Waals surface area (Å²) in [6.07, 6.45) is -0.477. The Bertz CT molecular complexity index is 771. The fraction of sp³-hybridized carbons (Fsp3) is 0.0952. The molecule has 1 fully saturated rings. The van der Waals surface area contributed by atoms with E-state index in [0.717, 1.165) is 11.1 Å². The van der Waals surface area contributed by atoms with Crippen molar-refractivity contribution in [1.29, 1.82) is 0 Å². The molecular formula is C21H16O2. The van der Waals surface area contributed by atoms with Gasteiger partial charge in [-0.05, 0) is 11.1 Å². The third-order valence-electron chi connectivity index (χ3n) is 4.32. The Hall–Kier alpha value is -2.71.